The molecule has 2 aromatic carbocycles. The van der Waals surface area contributed by atoms with Crippen LogP contribution in [0.25, 0.3) is 0 Å². The normalized spacial score (nSPS) is 10.4. The zero-order valence-corrected chi connectivity index (χ0v) is 12.8. The van der Waals surface area contributed by atoms with E-state index in [9.17, 15) is 14.9 Å². The van der Waals surface area contributed by atoms with E-state index in [4.69, 9.17) is 4.74 Å². The number of amides is 1. The molecule has 0 aliphatic rings. The molecular weight excluding hydrogens is 314 g/mol. The van der Waals surface area contributed by atoms with E-state index in [0.29, 0.717) is 16.9 Å². The Morgan fingerprint density at radius 2 is 1.96 bits per heavy atom. The number of hydrogen-bond donors (Lipinski definition) is 1. The molecule has 0 saturated carbocycles. The largest absolute Gasteiger partial charge is 0.488 e. The van der Waals surface area contributed by atoms with Gasteiger partial charge in [-0.1, -0.05) is 24.3 Å². The van der Waals surface area contributed by atoms with Crippen molar-refractivity contribution in [2.45, 2.75) is 6.61 Å². The first-order chi connectivity index (χ1) is 11.6. The number of carbonyl (C=O) groups is 1. The number of hydrazone groups is 1. The summed E-state index contributed by atoms with van der Waals surface area (Å²) >= 11 is 0. The standard InChI is InChI=1S/C16H15N3O5/c1-23-16(20)18-17-10-12-6-3-5-9-15(12)24-11-13-7-2-4-8-14(13)19(21)22/h2-10H,11H2,1H3,(H,18,20)/b17-10+. The Kier molecular flexibility index (Phi) is 5.84. The van der Waals surface area contributed by atoms with Gasteiger partial charge in [0.2, 0.25) is 0 Å². The fourth-order valence-electron chi connectivity index (χ4n) is 1.89. The maximum absolute atomic E-state index is 11.0. The summed E-state index contributed by atoms with van der Waals surface area (Å²) < 4.78 is 10.1. The van der Waals surface area contributed by atoms with Crippen LogP contribution in [0.3, 0.4) is 0 Å². The molecule has 2 aromatic rings. The molecule has 0 radical (unpaired) electrons. The van der Waals surface area contributed by atoms with Gasteiger partial charge in [0, 0.05) is 11.6 Å². The number of nitrogens with zero attached hydrogens (tertiary/aromatic N) is 2. The Bertz CT molecular complexity index is 761. The van der Waals surface area contributed by atoms with E-state index in [2.05, 4.69) is 15.3 Å². The minimum atomic E-state index is -0.690. The maximum Gasteiger partial charge on any atom is 0.427 e. The maximum atomic E-state index is 11.0. The van der Waals surface area contributed by atoms with Gasteiger partial charge < -0.3 is 9.47 Å². The van der Waals surface area contributed by atoms with Crippen LogP contribution in [-0.4, -0.2) is 24.3 Å². The van der Waals surface area contributed by atoms with Gasteiger partial charge in [0.15, 0.2) is 0 Å². The fourth-order valence-corrected chi connectivity index (χ4v) is 1.89. The molecule has 0 heterocycles. The molecule has 1 N–H and O–H groups in total. The van der Waals surface area contributed by atoms with Gasteiger partial charge in [-0.25, -0.2) is 10.2 Å². The number of rotatable bonds is 6. The number of nitrogens with one attached hydrogen (secondary N) is 1. The number of benzene rings is 2. The lowest BCUT2D eigenvalue weighted by molar-refractivity contribution is -0.385. The summed E-state index contributed by atoms with van der Waals surface area (Å²) in [7, 11) is 1.23. The van der Waals surface area contributed by atoms with Crippen LogP contribution in [0, 0.1) is 10.1 Å². The number of nitro groups is 1. The Morgan fingerprint density at radius 1 is 1.25 bits per heavy atom. The number of nitro benzene ring substituents is 1. The van der Waals surface area contributed by atoms with E-state index in [1.165, 1.54) is 19.4 Å². The highest BCUT2D eigenvalue weighted by Crippen LogP contribution is 2.22. The minimum absolute atomic E-state index is 0.00370. The molecule has 0 aromatic heterocycles. The van der Waals surface area contributed by atoms with Crippen molar-refractivity contribution < 1.29 is 19.2 Å². The average molecular weight is 329 g/mol. The number of hydrogen-bond acceptors (Lipinski definition) is 6. The summed E-state index contributed by atoms with van der Waals surface area (Å²) in [6, 6.07) is 13.3. The Labute approximate surface area is 137 Å². The van der Waals surface area contributed by atoms with E-state index < -0.39 is 11.0 Å². The number of ether oxygens (including phenoxy) is 2. The van der Waals surface area contributed by atoms with Crippen LogP contribution in [0.1, 0.15) is 11.1 Å². The van der Waals surface area contributed by atoms with Crippen molar-refractivity contribution in [3.63, 3.8) is 0 Å². The molecule has 0 unspecified atom stereocenters. The lowest BCUT2D eigenvalue weighted by Crippen LogP contribution is -2.16. The number of methoxy groups -OCH3 is 1. The summed E-state index contributed by atoms with van der Waals surface area (Å²) in [6.45, 7) is 0.0342. The van der Waals surface area contributed by atoms with Crippen LogP contribution >= 0.6 is 0 Å². The van der Waals surface area contributed by atoms with E-state index in [1.54, 1.807) is 42.5 Å². The van der Waals surface area contributed by atoms with Gasteiger partial charge in [0.25, 0.3) is 5.69 Å². The van der Waals surface area contributed by atoms with Crippen LogP contribution in [0.4, 0.5) is 10.5 Å². The molecule has 1 amide bonds. The molecule has 8 heteroatoms. The van der Waals surface area contributed by atoms with Crippen LogP contribution in [-0.2, 0) is 11.3 Å². The van der Waals surface area contributed by atoms with E-state index >= 15 is 0 Å². The molecule has 0 saturated heterocycles. The summed E-state index contributed by atoms with van der Waals surface area (Å²) in [5, 5.41) is 14.7. The minimum Gasteiger partial charge on any atom is -0.488 e. The second kappa shape index (κ2) is 8.28. The van der Waals surface area contributed by atoms with E-state index in [1.807, 2.05) is 0 Å². The molecule has 0 aliphatic heterocycles. The van der Waals surface area contributed by atoms with Gasteiger partial charge in [0.1, 0.15) is 12.4 Å². The summed E-state index contributed by atoms with van der Waals surface area (Å²) in [5.74, 6) is 0.478. The molecule has 0 aliphatic carbocycles. The highest BCUT2D eigenvalue weighted by Gasteiger charge is 2.13. The quantitative estimate of drug-likeness (QED) is 0.498. The first kappa shape index (κ1) is 16.9. The zero-order chi connectivity index (χ0) is 17.4. The third kappa shape index (κ3) is 4.54. The molecule has 0 atom stereocenters. The molecule has 124 valence electrons. The zero-order valence-electron chi connectivity index (χ0n) is 12.8. The SMILES string of the molecule is COC(=O)N/N=C/c1ccccc1OCc1ccccc1[N+](=O)[O-]. The predicted molar refractivity (Wildman–Crippen MR) is 87.0 cm³/mol. The van der Waals surface area contributed by atoms with Gasteiger partial charge in [-0.2, -0.15) is 5.10 Å². The first-order valence-corrected chi connectivity index (χ1v) is 6.93. The lowest BCUT2D eigenvalue weighted by atomic mass is 10.2. The Morgan fingerprint density at radius 3 is 2.71 bits per heavy atom. The molecular formula is C16H15N3O5. The van der Waals surface area contributed by atoms with Crippen molar-refractivity contribution >= 4 is 18.0 Å². The van der Waals surface area contributed by atoms with Crippen molar-refractivity contribution in [2.75, 3.05) is 7.11 Å². The Balaban J connectivity index is 2.11. The average Bonchev–Trinajstić information content (AvgIpc) is 2.60. The monoisotopic (exact) mass is 329 g/mol. The van der Waals surface area contributed by atoms with E-state index in [-0.39, 0.29) is 12.3 Å². The smallest absolute Gasteiger partial charge is 0.427 e. The van der Waals surface area contributed by atoms with Gasteiger partial charge >= 0.3 is 6.09 Å². The molecule has 0 bridgehead atoms. The van der Waals surface area contributed by atoms with Gasteiger partial charge in [0.05, 0.1) is 23.8 Å². The van der Waals surface area contributed by atoms with Gasteiger partial charge in [-0.3, -0.25) is 10.1 Å². The van der Waals surface area contributed by atoms with Crippen molar-refractivity contribution in [1.29, 1.82) is 0 Å². The van der Waals surface area contributed by atoms with Crippen molar-refractivity contribution in [1.82, 2.24) is 5.43 Å². The predicted octanol–water partition coefficient (Wildman–Crippen LogP) is 2.86. The summed E-state index contributed by atoms with van der Waals surface area (Å²) in [6.07, 6.45) is 0.704. The lowest BCUT2D eigenvalue weighted by Gasteiger charge is -2.09. The Hall–Kier alpha value is -3.42. The molecule has 24 heavy (non-hydrogen) atoms. The topological polar surface area (TPSA) is 103 Å². The third-order valence-electron chi connectivity index (χ3n) is 3.04. The van der Waals surface area contributed by atoms with Crippen molar-refractivity contribution in [3.05, 3.63) is 69.8 Å². The van der Waals surface area contributed by atoms with E-state index in [0.717, 1.165) is 0 Å². The number of para-hydroxylation sites is 2. The second-order valence-electron chi connectivity index (χ2n) is 4.57. The highest BCUT2D eigenvalue weighted by atomic mass is 16.6. The molecule has 2 rings (SSSR count). The van der Waals surface area contributed by atoms with Crippen LogP contribution in [0.5, 0.6) is 5.75 Å². The van der Waals surface area contributed by atoms with Crippen LogP contribution < -0.4 is 10.2 Å². The fraction of sp³-hybridized carbons (Fsp3) is 0.125. The summed E-state index contributed by atoms with van der Waals surface area (Å²) in [5.41, 5.74) is 3.23. The third-order valence-corrected chi connectivity index (χ3v) is 3.04. The van der Waals surface area contributed by atoms with Crippen LogP contribution in [0.15, 0.2) is 53.6 Å². The molecule has 8 nitrogen and oxygen atoms in total. The van der Waals surface area contributed by atoms with Crippen LogP contribution in [0.2, 0.25) is 0 Å². The molecule has 0 fully saturated rings. The van der Waals surface area contributed by atoms with Crippen molar-refractivity contribution in [3.8, 4) is 5.75 Å². The van der Waals surface area contributed by atoms with Crippen molar-refractivity contribution in [2.24, 2.45) is 5.10 Å². The summed E-state index contributed by atoms with van der Waals surface area (Å²) in [4.78, 5) is 21.5. The highest BCUT2D eigenvalue weighted by molar-refractivity contribution is 5.84. The first-order valence-electron chi connectivity index (χ1n) is 6.93. The number of carbonyl (C=O) groups excluding carboxylic acids is 1. The second-order valence-corrected chi connectivity index (χ2v) is 4.57. The van der Waals surface area contributed by atoms with Gasteiger partial charge in [-0.05, 0) is 18.2 Å². The van der Waals surface area contributed by atoms with Gasteiger partial charge in [-0.15, -0.1) is 0 Å². The molecule has 0 spiro atoms.